The number of piperazine rings is 1. The van der Waals surface area contributed by atoms with Gasteiger partial charge in [-0.25, -0.2) is 13.4 Å². The monoisotopic (exact) mass is 332 g/mol. The van der Waals surface area contributed by atoms with Gasteiger partial charge >= 0.3 is 0 Å². The normalized spacial score (nSPS) is 18.9. The van der Waals surface area contributed by atoms with Gasteiger partial charge in [-0.2, -0.15) is 4.31 Å². The van der Waals surface area contributed by atoms with Crippen molar-refractivity contribution < 1.29 is 8.42 Å². The predicted octanol–water partition coefficient (Wildman–Crippen LogP) is 1.42. The van der Waals surface area contributed by atoms with Crippen LogP contribution in [0.1, 0.15) is 20.8 Å². The lowest BCUT2D eigenvalue weighted by atomic mass is 10.1. The molecular weight excluding hydrogens is 312 g/mol. The molecule has 0 radical (unpaired) electrons. The fourth-order valence-corrected chi connectivity index (χ4v) is 3.95. The second-order valence-corrected chi connectivity index (χ2v) is 8.45. The van der Waals surface area contributed by atoms with Crippen molar-refractivity contribution in [2.24, 2.45) is 0 Å². The van der Waals surface area contributed by atoms with Crippen LogP contribution in [0.15, 0.2) is 17.2 Å². The topological polar surface area (TPSA) is 79.5 Å². The van der Waals surface area contributed by atoms with Gasteiger partial charge in [0.15, 0.2) is 0 Å². The summed E-state index contributed by atoms with van der Waals surface area (Å²) in [6.07, 6.45) is 1.26. The molecule has 0 atom stereocenters. The maximum absolute atomic E-state index is 12.6. The van der Waals surface area contributed by atoms with Gasteiger partial charge in [-0.05, 0) is 26.8 Å². The van der Waals surface area contributed by atoms with Gasteiger partial charge in [0, 0.05) is 37.9 Å². The second kappa shape index (κ2) is 5.72. The molecule has 0 aliphatic carbocycles. The zero-order valence-electron chi connectivity index (χ0n) is 12.5. The Labute approximate surface area is 130 Å². The molecule has 0 unspecified atom stereocenters. The van der Waals surface area contributed by atoms with Crippen LogP contribution in [0.5, 0.6) is 0 Å². The van der Waals surface area contributed by atoms with Crippen LogP contribution in [0.25, 0.3) is 0 Å². The molecule has 21 heavy (non-hydrogen) atoms. The van der Waals surface area contributed by atoms with Gasteiger partial charge in [-0.15, -0.1) is 0 Å². The lowest BCUT2D eigenvalue weighted by molar-refractivity contribution is 0.0922. The Morgan fingerprint density at radius 3 is 2.29 bits per heavy atom. The third kappa shape index (κ3) is 3.48. The van der Waals surface area contributed by atoms with E-state index in [4.69, 9.17) is 17.3 Å². The highest BCUT2D eigenvalue weighted by Crippen LogP contribution is 2.24. The van der Waals surface area contributed by atoms with Crippen molar-refractivity contribution in [3.8, 4) is 0 Å². The minimum atomic E-state index is -3.57. The van der Waals surface area contributed by atoms with Gasteiger partial charge in [-0.3, -0.25) is 4.90 Å². The zero-order valence-corrected chi connectivity index (χ0v) is 14.1. The number of halogens is 1. The number of nitrogens with zero attached hydrogens (tertiary/aromatic N) is 3. The maximum Gasteiger partial charge on any atom is 0.244 e. The molecule has 1 aromatic rings. The molecule has 0 spiro atoms. The smallest absolute Gasteiger partial charge is 0.244 e. The summed E-state index contributed by atoms with van der Waals surface area (Å²) in [4.78, 5) is 6.18. The van der Waals surface area contributed by atoms with E-state index < -0.39 is 10.0 Å². The largest absolute Gasteiger partial charge is 0.382 e. The Kier molecular flexibility index (Phi) is 4.49. The molecule has 118 valence electrons. The molecule has 0 aromatic carbocycles. The third-order valence-corrected chi connectivity index (χ3v) is 5.84. The molecule has 1 aliphatic rings. The number of hydrogen-bond acceptors (Lipinski definition) is 5. The van der Waals surface area contributed by atoms with E-state index in [0.29, 0.717) is 26.2 Å². The molecule has 1 aliphatic heterocycles. The van der Waals surface area contributed by atoms with Crippen LogP contribution in [0.4, 0.5) is 5.82 Å². The summed E-state index contributed by atoms with van der Waals surface area (Å²) in [5.74, 6) is 0.133. The molecule has 0 bridgehead atoms. The maximum atomic E-state index is 12.6. The molecule has 8 heteroatoms. The van der Waals surface area contributed by atoms with Crippen molar-refractivity contribution in [3.05, 3.63) is 17.3 Å². The first-order valence-electron chi connectivity index (χ1n) is 6.78. The predicted molar refractivity (Wildman–Crippen MR) is 83.7 cm³/mol. The Bertz CT molecular complexity index is 620. The average Bonchev–Trinajstić information content (AvgIpc) is 2.41. The highest BCUT2D eigenvalue weighted by molar-refractivity contribution is 7.89. The summed E-state index contributed by atoms with van der Waals surface area (Å²) in [5.41, 5.74) is 5.56. The molecular formula is C13H21ClN4O2S. The minimum absolute atomic E-state index is 0.0436. The van der Waals surface area contributed by atoms with Gasteiger partial charge < -0.3 is 5.73 Å². The van der Waals surface area contributed by atoms with Crippen molar-refractivity contribution in [2.75, 3.05) is 31.9 Å². The van der Waals surface area contributed by atoms with Crippen LogP contribution in [-0.4, -0.2) is 54.3 Å². The quantitative estimate of drug-likeness (QED) is 0.886. The summed E-state index contributed by atoms with van der Waals surface area (Å²) >= 11 is 5.86. The Morgan fingerprint density at radius 1 is 1.24 bits per heavy atom. The lowest BCUT2D eigenvalue weighted by Crippen LogP contribution is -2.54. The first kappa shape index (κ1) is 16.5. The van der Waals surface area contributed by atoms with Crippen LogP contribution in [-0.2, 0) is 10.0 Å². The molecule has 2 rings (SSSR count). The number of nitrogen functional groups attached to an aromatic ring is 1. The van der Waals surface area contributed by atoms with Gasteiger partial charge in [0.05, 0.1) is 5.02 Å². The van der Waals surface area contributed by atoms with Crippen LogP contribution < -0.4 is 5.73 Å². The second-order valence-electron chi connectivity index (χ2n) is 6.10. The summed E-state index contributed by atoms with van der Waals surface area (Å²) in [7, 11) is -3.57. The number of anilines is 1. The number of sulfonamides is 1. The fourth-order valence-electron chi connectivity index (χ4n) is 2.32. The Morgan fingerprint density at radius 2 is 1.81 bits per heavy atom. The lowest BCUT2D eigenvalue weighted by Gasteiger charge is -2.41. The Hall–Kier alpha value is -0.890. The Balaban J connectivity index is 2.17. The van der Waals surface area contributed by atoms with E-state index in [9.17, 15) is 8.42 Å². The van der Waals surface area contributed by atoms with Crippen LogP contribution in [0, 0.1) is 0 Å². The van der Waals surface area contributed by atoms with E-state index in [1.165, 1.54) is 16.6 Å². The number of nitrogens with two attached hydrogens (primary N) is 1. The van der Waals surface area contributed by atoms with Crippen molar-refractivity contribution in [3.63, 3.8) is 0 Å². The first-order valence-corrected chi connectivity index (χ1v) is 8.60. The van der Waals surface area contributed by atoms with Crippen molar-refractivity contribution in [2.45, 2.75) is 31.2 Å². The van der Waals surface area contributed by atoms with Crippen molar-refractivity contribution in [1.82, 2.24) is 14.2 Å². The van der Waals surface area contributed by atoms with E-state index in [1.807, 2.05) is 0 Å². The SMILES string of the molecule is CC(C)(C)N1CCN(S(=O)(=O)c2cnc(N)c(Cl)c2)CC1. The van der Waals surface area contributed by atoms with Gasteiger partial charge in [0.1, 0.15) is 10.7 Å². The molecule has 1 saturated heterocycles. The molecule has 6 nitrogen and oxygen atoms in total. The molecule has 2 heterocycles. The van der Waals surface area contributed by atoms with E-state index in [2.05, 4.69) is 30.7 Å². The number of aromatic nitrogens is 1. The zero-order chi connectivity index (χ0) is 15.8. The van der Waals surface area contributed by atoms with Crippen molar-refractivity contribution >= 4 is 27.4 Å². The highest BCUT2D eigenvalue weighted by atomic mass is 35.5. The first-order chi connectivity index (χ1) is 9.62. The summed E-state index contributed by atoms with van der Waals surface area (Å²) in [5, 5.41) is 0.157. The minimum Gasteiger partial charge on any atom is -0.382 e. The van der Waals surface area contributed by atoms with Crippen LogP contribution >= 0.6 is 11.6 Å². The molecule has 1 fully saturated rings. The van der Waals surface area contributed by atoms with E-state index in [0.717, 1.165) is 0 Å². The molecule has 1 aromatic heterocycles. The number of hydrogen-bond donors (Lipinski definition) is 1. The van der Waals surface area contributed by atoms with Gasteiger partial charge in [-0.1, -0.05) is 11.6 Å². The van der Waals surface area contributed by atoms with E-state index >= 15 is 0 Å². The highest BCUT2D eigenvalue weighted by Gasteiger charge is 2.32. The molecule has 2 N–H and O–H groups in total. The summed E-state index contributed by atoms with van der Waals surface area (Å²) in [6.45, 7) is 8.71. The number of pyridine rings is 1. The third-order valence-electron chi connectivity index (χ3n) is 3.67. The van der Waals surface area contributed by atoms with Gasteiger partial charge in [0.25, 0.3) is 0 Å². The van der Waals surface area contributed by atoms with Crippen LogP contribution in [0.3, 0.4) is 0 Å². The van der Waals surface area contributed by atoms with Gasteiger partial charge in [0.2, 0.25) is 10.0 Å². The standard InChI is InChI=1S/C13H21ClN4O2S/c1-13(2,3)17-4-6-18(7-5-17)21(19,20)10-8-11(14)12(15)16-9-10/h8-9H,4-7H2,1-3H3,(H2,15,16). The average molecular weight is 333 g/mol. The van der Waals surface area contributed by atoms with E-state index in [-0.39, 0.29) is 21.3 Å². The summed E-state index contributed by atoms with van der Waals surface area (Å²) in [6, 6.07) is 1.36. The summed E-state index contributed by atoms with van der Waals surface area (Å²) < 4.78 is 26.6. The molecule has 0 saturated carbocycles. The van der Waals surface area contributed by atoms with E-state index in [1.54, 1.807) is 0 Å². The van der Waals surface area contributed by atoms with Crippen molar-refractivity contribution in [1.29, 1.82) is 0 Å². The number of rotatable bonds is 2. The van der Waals surface area contributed by atoms with Crippen LogP contribution in [0.2, 0.25) is 5.02 Å². The molecule has 0 amide bonds. The fraction of sp³-hybridized carbons (Fsp3) is 0.615.